The molecule has 2 unspecified atom stereocenters. The topological polar surface area (TPSA) is 46.3 Å². The highest BCUT2D eigenvalue weighted by Gasteiger charge is 2.20. The molecule has 1 amide bonds. The summed E-state index contributed by atoms with van der Waals surface area (Å²) < 4.78 is 0. The molecule has 0 bridgehead atoms. The number of nitrogens with zero attached hydrogens (tertiary/aromatic N) is 1. The molecule has 0 spiro atoms. The number of hydrogen-bond acceptors (Lipinski definition) is 2. The zero-order valence-electron chi connectivity index (χ0n) is 15.2. The van der Waals surface area contributed by atoms with Crippen LogP contribution in [0.5, 0.6) is 0 Å². The van der Waals surface area contributed by atoms with Crippen LogP contribution in [0.25, 0.3) is 0 Å². The number of carbonyl (C=O) groups is 1. The maximum Gasteiger partial charge on any atom is 0.225 e. The fourth-order valence-corrected chi connectivity index (χ4v) is 2.34. The van der Waals surface area contributed by atoms with Crippen LogP contribution in [0.2, 0.25) is 0 Å². The van der Waals surface area contributed by atoms with Crippen molar-refractivity contribution >= 4 is 5.91 Å². The molecule has 0 aromatic rings. The maximum atomic E-state index is 12.6. The Hall–Kier alpha value is -0.570. The lowest BCUT2D eigenvalue weighted by Gasteiger charge is -2.27. The summed E-state index contributed by atoms with van der Waals surface area (Å²) in [4.78, 5) is 14.7. The van der Waals surface area contributed by atoms with E-state index in [2.05, 4.69) is 39.5 Å². The van der Waals surface area contributed by atoms with E-state index in [0.717, 1.165) is 45.2 Å². The van der Waals surface area contributed by atoms with Gasteiger partial charge in [-0.15, -0.1) is 0 Å². The molecule has 21 heavy (non-hydrogen) atoms. The summed E-state index contributed by atoms with van der Waals surface area (Å²) in [7, 11) is 0. The summed E-state index contributed by atoms with van der Waals surface area (Å²) in [6.07, 6.45) is 5.20. The second-order valence-corrected chi connectivity index (χ2v) is 7.50. The average Bonchev–Trinajstić information content (AvgIpc) is 2.36. The Kier molecular flexibility index (Phi) is 10.8. The fraction of sp³-hybridized carbons (Fsp3) is 0.944. The SMILES string of the molecule is CC(C)CCN(CCC(C)C)C(=O)C(C)CCCC(C)N. The molecule has 0 aliphatic rings. The van der Waals surface area contributed by atoms with Gasteiger partial charge in [0.2, 0.25) is 5.91 Å². The van der Waals surface area contributed by atoms with Gasteiger partial charge in [-0.2, -0.15) is 0 Å². The molecule has 2 atom stereocenters. The van der Waals surface area contributed by atoms with Crippen LogP contribution < -0.4 is 5.73 Å². The summed E-state index contributed by atoms with van der Waals surface area (Å²) in [5.41, 5.74) is 5.78. The van der Waals surface area contributed by atoms with E-state index in [0.29, 0.717) is 17.7 Å². The highest BCUT2D eigenvalue weighted by molar-refractivity contribution is 5.78. The van der Waals surface area contributed by atoms with Crippen LogP contribution >= 0.6 is 0 Å². The van der Waals surface area contributed by atoms with Gasteiger partial charge in [0.25, 0.3) is 0 Å². The molecule has 0 rings (SSSR count). The number of nitrogens with two attached hydrogens (primary N) is 1. The fourth-order valence-electron chi connectivity index (χ4n) is 2.34. The van der Waals surface area contributed by atoms with E-state index < -0.39 is 0 Å². The van der Waals surface area contributed by atoms with Crippen molar-refractivity contribution in [1.29, 1.82) is 0 Å². The van der Waals surface area contributed by atoms with Gasteiger partial charge in [0.05, 0.1) is 0 Å². The largest absolute Gasteiger partial charge is 0.342 e. The van der Waals surface area contributed by atoms with E-state index in [1.807, 2.05) is 6.92 Å². The molecule has 0 radical (unpaired) electrons. The Morgan fingerprint density at radius 2 is 1.33 bits per heavy atom. The first-order valence-electron chi connectivity index (χ1n) is 8.78. The van der Waals surface area contributed by atoms with Gasteiger partial charge in [0.15, 0.2) is 0 Å². The monoisotopic (exact) mass is 298 g/mol. The van der Waals surface area contributed by atoms with Gasteiger partial charge in [-0.05, 0) is 44.4 Å². The van der Waals surface area contributed by atoms with Crippen molar-refractivity contribution < 1.29 is 4.79 Å². The van der Waals surface area contributed by atoms with Crippen molar-refractivity contribution in [2.45, 2.75) is 79.7 Å². The molecule has 0 aromatic heterocycles. The third-order valence-corrected chi connectivity index (χ3v) is 3.98. The van der Waals surface area contributed by atoms with Crippen molar-refractivity contribution in [3.63, 3.8) is 0 Å². The highest BCUT2D eigenvalue weighted by atomic mass is 16.2. The summed E-state index contributed by atoms with van der Waals surface area (Å²) in [6.45, 7) is 14.8. The Balaban J connectivity index is 4.38. The van der Waals surface area contributed by atoms with E-state index in [1.54, 1.807) is 0 Å². The maximum absolute atomic E-state index is 12.6. The highest BCUT2D eigenvalue weighted by Crippen LogP contribution is 2.15. The molecule has 0 saturated heterocycles. The molecule has 0 aliphatic carbocycles. The van der Waals surface area contributed by atoms with E-state index in [9.17, 15) is 4.79 Å². The predicted molar refractivity (Wildman–Crippen MR) is 92.2 cm³/mol. The van der Waals surface area contributed by atoms with E-state index in [1.165, 1.54) is 0 Å². The van der Waals surface area contributed by atoms with Gasteiger partial charge in [-0.25, -0.2) is 0 Å². The standard InChI is InChI=1S/C18H38N2O/c1-14(2)10-12-20(13-11-15(3)4)18(21)16(5)8-7-9-17(6)19/h14-17H,7-13,19H2,1-6H3. The minimum Gasteiger partial charge on any atom is -0.342 e. The van der Waals surface area contributed by atoms with Crippen molar-refractivity contribution in [2.75, 3.05) is 13.1 Å². The number of hydrogen-bond donors (Lipinski definition) is 1. The minimum atomic E-state index is 0.128. The van der Waals surface area contributed by atoms with Crippen LogP contribution in [-0.2, 0) is 4.79 Å². The number of carbonyl (C=O) groups excluding carboxylic acids is 1. The van der Waals surface area contributed by atoms with Crippen molar-refractivity contribution in [2.24, 2.45) is 23.5 Å². The van der Waals surface area contributed by atoms with Crippen LogP contribution in [-0.4, -0.2) is 29.9 Å². The molecular weight excluding hydrogens is 260 g/mol. The summed E-state index contributed by atoms with van der Waals surface area (Å²) in [6, 6.07) is 0.241. The minimum absolute atomic E-state index is 0.128. The first kappa shape index (κ1) is 20.4. The third kappa shape index (κ3) is 10.8. The van der Waals surface area contributed by atoms with Gasteiger partial charge in [-0.3, -0.25) is 4.79 Å². The van der Waals surface area contributed by atoms with Crippen molar-refractivity contribution in [3.05, 3.63) is 0 Å². The molecule has 3 heteroatoms. The Bertz CT molecular complexity index is 262. The summed E-state index contributed by atoms with van der Waals surface area (Å²) in [5.74, 6) is 1.75. The van der Waals surface area contributed by atoms with E-state index >= 15 is 0 Å². The third-order valence-electron chi connectivity index (χ3n) is 3.98. The van der Waals surface area contributed by atoms with Crippen LogP contribution in [0.15, 0.2) is 0 Å². The predicted octanol–water partition coefficient (Wildman–Crippen LogP) is 4.06. The first-order valence-corrected chi connectivity index (χ1v) is 8.78. The second kappa shape index (κ2) is 11.1. The van der Waals surface area contributed by atoms with Crippen LogP contribution in [0.3, 0.4) is 0 Å². The van der Waals surface area contributed by atoms with Crippen LogP contribution in [0.4, 0.5) is 0 Å². The molecule has 0 aliphatic heterocycles. The molecule has 2 N–H and O–H groups in total. The molecule has 0 fully saturated rings. The Labute approximate surface area is 132 Å². The lowest BCUT2D eigenvalue weighted by atomic mass is 9.99. The van der Waals surface area contributed by atoms with Crippen LogP contribution in [0.1, 0.15) is 73.6 Å². The molecule has 0 saturated carbocycles. The average molecular weight is 299 g/mol. The van der Waals surface area contributed by atoms with Gasteiger partial charge < -0.3 is 10.6 Å². The number of amides is 1. The van der Waals surface area contributed by atoms with Gasteiger partial charge in [0, 0.05) is 25.0 Å². The lowest BCUT2D eigenvalue weighted by Crippen LogP contribution is -2.37. The van der Waals surface area contributed by atoms with Crippen molar-refractivity contribution in [1.82, 2.24) is 4.90 Å². The van der Waals surface area contributed by atoms with Crippen LogP contribution in [0, 0.1) is 17.8 Å². The van der Waals surface area contributed by atoms with Gasteiger partial charge in [0.1, 0.15) is 0 Å². The second-order valence-electron chi connectivity index (χ2n) is 7.50. The molecular formula is C18H38N2O. The quantitative estimate of drug-likeness (QED) is 0.625. The summed E-state index contributed by atoms with van der Waals surface area (Å²) in [5, 5.41) is 0. The molecule has 0 aromatic carbocycles. The van der Waals surface area contributed by atoms with Crippen molar-refractivity contribution in [3.8, 4) is 0 Å². The Morgan fingerprint density at radius 3 is 1.71 bits per heavy atom. The van der Waals surface area contributed by atoms with Gasteiger partial charge >= 0.3 is 0 Å². The normalized spacial score (nSPS) is 14.5. The first-order chi connectivity index (χ1) is 9.73. The molecule has 0 heterocycles. The smallest absolute Gasteiger partial charge is 0.225 e. The molecule has 126 valence electrons. The van der Waals surface area contributed by atoms with Gasteiger partial charge in [-0.1, -0.05) is 41.0 Å². The zero-order chi connectivity index (χ0) is 16.4. The Morgan fingerprint density at radius 1 is 0.857 bits per heavy atom. The molecule has 3 nitrogen and oxygen atoms in total. The van der Waals surface area contributed by atoms with E-state index in [4.69, 9.17) is 5.73 Å². The summed E-state index contributed by atoms with van der Waals surface area (Å²) >= 11 is 0. The van der Waals surface area contributed by atoms with E-state index in [-0.39, 0.29) is 12.0 Å². The zero-order valence-corrected chi connectivity index (χ0v) is 15.2. The number of rotatable bonds is 11. The lowest BCUT2D eigenvalue weighted by molar-refractivity contribution is -0.135.